The highest BCUT2D eigenvalue weighted by molar-refractivity contribution is 5.77. The number of carbonyl (C=O) groups is 1. The Hall–Kier alpha value is -1.75. The summed E-state index contributed by atoms with van der Waals surface area (Å²) >= 11 is 0. The largest absolute Gasteiger partial charge is 0.496 e. The van der Waals surface area contributed by atoms with Crippen LogP contribution in [0, 0.1) is 6.92 Å². The van der Waals surface area contributed by atoms with E-state index in [1.54, 1.807) is 13.2 Å². The molecule has 1 amide bonds. The number of nitrogens with two attached hydrogens (primary N) is 1. The molecule has 0 aliphatic rings. The summed E-state index contributed by atoms with van der Waals surface area (Å²) < 4.78 is 10.6. The number of amides is 1. The van der Waals surface area contributed by atoms with Crippen LogP contribution in [0.2, 0.25) is 0 Å². The molecule has 0 bridgehead atoms. The Morgan fingerprint density at radius 1 is 1.44 bits per heavy atom. The van der Waals surface area contributed by atoms with E-state index >= 15 is 0 Å². The van der Waals surface area contributed by atoms with Gasteiger partial charge in [-0.25, -0.2) is 0 Å². The zero-order valence-corrected chi connectivity index (χ0v) is 11.0. The van der Waals surface area contributed by atoms with Gasteiger partial charge in [0.25, 0.3) is 5.91 Å². The molecule has 0 aliphatic carbocycles. The van der Waals surface area contributed by atoms with Gasteiger partial charge < -0.3 is 20.5 Å². The van der Waals surface area contributed by atoms with Crippen molar-refractivity contribution in [3.05, 3.63) is 23.8 Å². The van der Waals surface area contributed by atoms with Crippen LogP contribution in [0.1, 0.15) is 12.5 Å². The zero-order chi connectivity index (χ0) is 13.5. The summed E-state index contributed by atoms with van der Waals surface area (Å²) in [5.41, 5.74) is 6.41. The molecule has 1 rings (SSSR count). The Labute approximate surface area is 107 Å². The normalized spacial score (nSPS) is 11.8. The van der Waals surface area contributed by atoms with Gasteiger partial charge in [0.05, 0.1) is 7.11 Å². The van der Waals surface area contributed by atoms with Gasteiger partial charge in [-0.3, -0.25) is 4.79 Å². The van der Waals surface area contributed by atoms with Crippen molar-refractivity contribution in [1.29, 1.82) is 0 Å². The predicted octanol–water partition coefficient (Wildman–Crippen LogP) is 0.846. The Bertz CT molecular complexity index is 405. The number of methoxy groups -OCH3 is 1. The highest BCUT2D eigenvalue weighted by Gasteiger charge is 2.08. The monoisotopic (exact) mass is 252 g/mol. The second-order valence-electron chi connectivity index (χ2n) is 4.15. The van der Waals surface area contributed by atoms with E-state index in [1.165, 1.54) is 0 Å². The van der Waals surface area contributed by atoms with Gasteiger partial charge in [-0.05, 0) is 26.0 Å². The summed E-state index contributed by atoms with van der Waals surface area (Å²) in [7, 11) is 1.60. The van der Waals surface area contributed by atoms with Crippen LogP contribution < -0.4 is 20.5 Å². The van der Waals surface area contributed by atoms with Crippen molar-refractivity contribution in [2.24, 2.45) is 5.73 Å². The van der Waals surface area contributed by atoms with E-state index in [-0.39, 0.29) is 18.6 Å². The Morgan fingerprint density at radius 2 is 2.11 bits per heavy atom. The van der Waals surface area contributed by atoms with Crippen LogP contribution in [-0.2, 0) is 4.79 Å². The quantitative estimate of drug-likeness (QED) is 0.787. The third-order valence-electron chi connectivity index (χ3n) is 2.43. The zero-order valence-electron chi connectivity index (χ0n) is 11.0. The fourth-order valence-electron chi connectivity index (χ4n) is 1.44. The van der Waals surface area contributed by atoms with Crippen LogP contribution in [0.4, 0.5) is 0 Å². The summed E-state index contributed by atoms with van der Waals surface area (Å²) in [6, 6.07) is 5.41. The van der Waals surface area contributed by atoms with E-state index in [9.17, 15) is 4.79 Å². The lowest BCUT2D eigenvalue weighted by molar-refractivity contribution is -0.123. The molecule has 1 aromatic carbocycles. The molecule has 5 heteroatoms. The summed E-state index contributed by atoms with van der Waals surface area (Å²) in [5, 5.41) is 2.68. The molecule has 1 unspecified atom stereocenters. The molecule has 0 saturated heterocycles. The Kier molecular flexibility index (Phi) is 5.45. The number of ether oxygens (including phenoxy) is 2. The topological polar surface area (TPSA) is 73.6 Å². The lowest BCUT2D eigenvalue weighted by atomic mass is 10.2. The van der Waals surface area contributed by atoms with Crippen LogP contribution >= 0.6 is 0 Å². The second kappa shape index (κ2) is 6.86. The van der Waals surface area contributed by atoms with E-state index in [2.05, 4.69) is 5.32 Å². The fraction of sp³-hybridized carbons (Fsp3) is 0.462. The maximum atomic E-state index is 11.5. The van der Waals surface area contributed by atoms with Gasteiger partial charge in [0, 0.05) is 18.2 Å². The van der Waals surface area contributed by atoms with Crippen molar-refractivity contribution in [3.63, 3.8) is 0 Å². The number of benzene rings is 1. The van der Waals surface area contributed by atoms with E-state index < -0.39 is 0 Å². The first kappa shape index (κ1) is 14.3. The maximum absolute atomic E-state index is 11.5. The van der Waals surface area contributed by atoms with Crippen LogP contribution in [0.15, 0.2) is 18.2 Å². The first-order valence-electron chi connectivity index (χ1n) is 5.83. The Balaban J connectivity index is 2.51. The summed E-state index contributed by atoms with van der Waals surface area (Å²) in [6.07, 6.45) is 0. The van der Waals surface area contributed by atoms with E-state index in [1.807, 2.05) is 26.0 Å². The lowest BCUT2D eigenvalue weighted by Gasteiger charge is -2.12. The molecular formula is C13H20N2O3. The summed E-state index contributed by atoms with van der Waals surface area (Å²) in [5.74, 6) is 1.20. The van der Waals surface area contributed by atoms with Crippen LogP contribution in [-0.4, -0.2) is 32.2 Å². The Morgan fingerprint density at radius 3 is 2.72 bits per heavy atom. The average molecular weight is 252 g/mol. The molecule has 0 fully saturated rings. The maximum Gasteiger partial charge on any atom is 0.257 e. The van der Waals surface area contributed by atoms with E-state index in [4.69, 9.17) is 15.2 Å². The van der Waals surface area contributed by atoms with E-state index in [0.29, 0.717) is 12.3 Å². The highest BCUT2D eigenvalue weighted by atomic mass is 16.5. The minimum atomic E-state index is -0.186. The van der Waals surface area contributed by atoms with Gasteiger partial charge in [0.1, 0.15) is 11.5 Å². The molecule has 0 radical (unpaired) electrons. The number of hydrogen-bond acceptors (Lipinski definition) is 4. The highest BCUT2D eigenvalue weighted by Crippen LogP contribution is 2.26. The van der Waals surface area contributed by atoms with Gasteiger partial charge in [0.15, 0.2) is 6.61 Å². The number of rotatable bonds is 6. The third-order valence-corrected chi connectivity index (χ3v) is 2.43. The van der Waals surface area contributed by atoms with Gasteiger partial charge in [0.2, 0.25) is 0 Å². The smallest absolute Gasteiger partial charge is 0.257 e. The molecular weight excluding hydrogens is 232 g/mol. The third kappa shape index (κ3) is 4.25. The number of nitrogens with one attached hydrogen (secondary N) is 1. The van der Waals surface area contributed by atoms with Crippen LogP contribution in [0.25, 0.3) is 0 Å². The average Bonchev–Trinajstić information content (AvgIpc) is 2.35. The van der Waals surface area contributed by atoms with Gasteiger partial charge in [-0.2, -0.15) is 0 Å². The van der Waals surface area contributed by atoms with Crippen molar-refractivity contribution < 1.29 is 14.3 Å². The van der Waals surface area contributed by atoms with Crippen molar-refractivity contribution >= 4 is 5.91 Å². The molecule has 3 N–H and O–H groups in total. The molecule has 0 spiro atoms. The lowest BCUT2D eigenvalue weighted by Crippen LogP contribution is -2.37. The second-order valence-corrected chi connectivity index (χ2v) is 4.15. The first-order chi connectivity index (χ1) is 8.54. The molecule has 0 aliphatic heterocycles. The van der Waals surface area contributed by atoms with Gasteiger partial charge >= 0.3 is 0 Å². The van der Waals surface area contributed by atoms with Crippen LogP contribution in [0.5, 0.6) is 11.5 Å². The minimum absolute atomic E-state index is 0.0271. The van der Waals surface area contributed by atoms with Gasteiger partial charge in [-0.1, -0.05) is 6.07 Å². The molecule has 0 aromatic heterocycles. The van der Waals surface area contributed by atoms with Crippen molar-refractivity contribution in [3.8, 4) is 11.5 Å². The first-order valence-corrected chi connectivity index (χ1v) is 5.83. The minimum Gasteiger partial charge on any atom is -0.496 e. The van der Waals surface area contributed by atoms with Crippen molar-refractivity contribution in [2.45, 2.75) is 19.9 Å². The molecule has 18 heavy (non-hydrogen) atoms. The SMILES string of the molecule is COc1cccc(OCC(=O)NCC(C)N)c1C. The summed E-state index contributed by atoms with van der Waals surface area (Å²) in [4.78, 5) is 11.5. The number of hydrogen-bond donors (Lipinski definition) is 2. The molecule has 0 heterocycles. The summed E-state index contributed by atoms with van der Waals surface area (Å²) in [6.45, 7) is 4.13. The molecule has 5 nitrogen and oxygen atoms in total. The molecule has 0 saturated carbocycles. The molecule has 1 aromatic rings. The number of carbonyl (C=O) groups excluding carboxylic acids is 1. The fourth-order valence-corrected chi connectivity index (χ4v) is 1.44. The van der Waals surface area contributed by atoms with Crippen LogP contribution in [0.3, 0.4) is 0 Å². The standard InChI is InChI=1S/C13H20N2O3/c1-9(14)7-15-13(16)8-18-12-6-4-5-11(17-3)10(12)2/h4-6,9H,7-8,14H2,1-3H3,(H,15,16). The van der Waals surface area contributed by atoms with Crippen molar-refractivity contribution in [1.82, 2.24) is 5.32 Å². The van der Waals surface area contributed by atoms with Crippen molar-refractivity contribution in [2.75, 3.05) is 20.3 Å². The molecule has 1 atom stereocenters. The van der Waals surface area contributed by atoms with E-state index in [0.717, 1.165) is 11.3 Å². The van der Waals surface area contributed by atoms with Gasteiger partial charge in [-0.15, -0.1) is 0 Å². The molecule has 100 valence electrons. The predicted molar refractivity (Wildman–Crippen MR) is 69.9 cm³/mol.